The molecule has 0 aromatic carbocycles. The molecule has 0 bridgehead atoms. The Morgan fingerprint density at radius 3 is 3.00 bits per heavy atom. The van der Waals surface area contributed by atoms with Gasteiger partial charge in [0.1, 0.15) is 12.2 Å². The molecule has 12 heavy (non-hydrogen) atoms. The van der Waals surface area contributed by atoms with Gasteiger partial charge >= 0.3 is 0 Å². The maximum Gasteiger partial charge on any atom is 0.138 e. The van der Waals surface area contributed by atoms with Crippen LogP contribution in [0.4, 0.5) is 0 Å². The third-order valence-electron chi connectivity index (χ3n) is 1.60. The van der Waals surface area contributed by atoms with Crippen LogP contribution in [0.5, 0.6) is 0 Å². The summed E-state index contributed by atoms with van der Waals surface area (Å²) in [5.74, 6) is 0.959. The average Bonchev–Trinajstić information content (AvgIpc) is 2.47. The molecule has 0 aliphatic heterocycles. The summed E-state index contributed by atoms with van der Waals surface area (Å²) in [5, 5.41) is 12.5. The summed E-state index contributed by atoms with van der Waals surface area (Å²) in [6.07, 6.45) is 2.04. The zero-order valence-corrected chi connectivity index (χ0v) is 7.49. The number of alkyl halides is 1. The van der Waals surface area contributed by atoms with Crippen LogP contribution >= 0.6 is 11.6 Å². The largest absolute Gasteiger partial charge is 0.253 e. The smallest absolute Gasteiger partial charge is 0.138 e. The Balaban J connectivity index is 2.64. The van der Waals surface area contributed by atoms with Gasteiger partial charge in [0.05, 0.1) is 12.0 Å². The van der Waals surface area contributed by atoms with Crippen molar-refractivity contribution in [3.05, 3.63) is 12.2 Å². The minimum absolute atomic E-state index is 0.172. The van der Waals surface area contributed by atoms with Crippen LogP contribution in [0.15, 0.2) is 6.33 Å². The Hall–Kier alpha value is -1.08. The fraction of sp³-hybridized carbons (Fsp3) is 0.571. The molecule has 0 N–H and O–H groups in total. The average molecular weight is 185 g/mol. The SMILES string of the molecule is Cn1ncnc1CC(C#N)CCl. The van der Waals surface area contributed by atoms with E-state index in [1.807, 2.05) is 0 Å². The van der Waals surface area contributed by atoms with Crippen LogP contribution in [-0.2, 0) is 13.5 Å². The van der Waals surface area contributed by atoms with Crippen molar-refractivity contribution in [1.82, 2.24) is 14.8 Å². The van der Waals surface area contributed by atoms with Gasteiger partial charge in [-0.3, -0.25) is 4.68 Å². The summed E-state index contributed by atoms with van der Waals surface area (Å²) in [4.78, 5) is 3.99. The van der Waals surface area contributed by atoms with Crippen LogP contribution < -0.4 is 0 Å². The molecule has 0 aliphatic rings. The molecule has 1 aromatic heterocycles. The number of aryl methyl sites for hydroxylation is 1. The Bertz CT molecular complexity index is 288. The van der Waals surface area contributed by atoms with E-state index in [0.29, 0.717) is 12.3 Å². The number of nitriles is 1. The molecule has 1 unspecified atom stereocenters. The first-order valence-corrected chi connectivity index (χ1v) is 4.09. The van der Waals surface area contributed by atoms with Crippen LogP contribution in [0.2, 0.25) is 0 Å². The first-order valence-electron chi connectivity index (χ1n) is 3.56. The van der Waals surface area contributed by atoms with Crippen molar-refractivity contribution in [2.45, 2.75) is 6.42 Å². The second-order valence-electron chi connectivity index (χ2n) is 2.48. The molecule has 1 heterocycles. The zero-order valence-electron chi connectivity index (χ0n) is 6.74. The maximum atomic E-state index is 8.62. The van der Waals surface area contributed by atoms with Gasteiger partial charge in [0, 0.05) is 19.3 Å². The van der Waals surface area contributed by atoms with E-state index in [1.165, 1.54) is 6.33 Å². The lowest BCUT2D eigenvalue weighted by atomic mass is 10.1. The van der Waals surface area contributed by atoms with Gasteiger partial charge in [-0.2, -0.15) is 10.4 Å². The van der Waals surface area contributed by atoms with E-state index >= 15 is 0 Å². The minimum Gasteiger partial charge on any atom is -0.253 e. The highest BCUT2D eigenvalue weighted by atomic mass is 35.5. The Kier molecular flexibility index (Phi) is 3.06. The molecule has 0 fully saturated rings. The van der Waals surface area contributed by atoms with Crippen molar-refractivity contribution in [3.63, 3.8) is 0 Å². The number of nitrogens with zero attached hydrogens (tertiary/aromatic N) is 4. The Labute approximate surface area is 75.8 Å². The Morgan fingerprint density at radius 2 is 2.58 bits per heavy atom. The van der Waals surface area contributed by atoms with Gasteiger partial charge in [-0.1, -0.05) is 0 Å². The number of hydrogen-bond acceptors (Lipinski definition) is 3. The van der Waals surface area contributed by atoms with E-state index < -0.39 is 0 Å². The van der Waals surface area contributed by atoms with E-state index in [9.17, 15) is 0 Å². The Morgan fingerprint density at radius 1 is 1.83 bits per heavy atom. The standard InChI is InChI=1S/C7H9ClN4/c1-12-7(10-5-11-12)2-6(3-8)4-9/h5-6H,2-3H2,1H3. The van der Waals surface area contributed by atoms with Gasteiger partial charge < -0.3 is 0 Å². The number of halogens is 1. The first-order chi connectivity index (χ1) is 5.77. The summed E-state index contributed by atoms with van der Waals surface area (Å²) in [6.45, 7) is 0. The summed E-state index contributed by atoms with van der Waals surface area (Å²) in [5.41, 5.74) is 0. The fourth-order valence-electron chi connectivity index (χ4n) is 0.860. The van der Waals surface area contributed by atoms with Gasteiger partial charge in [-0.15, -0.1) is 11.6 Å². The maximum absolute atomic E-state index is 8.62. The van der Waals surface area contributed by atoms with E-state index in [1.54, 1.807) is 11.7 Å². The molecule has 1 aromatic rings. The van der Waals surface area contributed by atoms with E-state index in [-0.39, 0.29) is 5.92 Å². The van der Waals surface area contributed by atoms with Crippen LogP contribution in [0.1, 0.15) is 5.82 Å². The highest BCUT2D eigenvalue weighted by molar-refractivity contribution is 6.18. The molecular formula is C7H9ClN4. The van der Waals surface area contributed by atoms with Gasteiger partial charge in [0.15, 0.2) is 0 Å². The molecule has 0 spiro atoms. The van der Waals surface area contributed by atoms with Crippen LogP contribution in [0.3, 0.4) is 0 Å². The van der Waals surface area contributed by atoms with Crippen molar-refractivity contribution < 1.29 is 0 Å². The molecular weight excluding hydrogens is 176 g/mol. The van der Waals surface area contributed by atoms with Gasteiger partial charge in [0.2, 0.25) is 0 Å². The summed E-state index contributed by atoms with van der Waals surface area (Å²) >= 11 is 5.56. The summed E-state index contributed by atoms with van der Waals surface area (Å²) in [7, 11) is 1.80. The molecule has 64 valence electrons. The lowest BCUT2D eigenvalue weighted by Crippen LogP contribution is -2.08. The molecule has 1 rings (SSSR count). The molecule has 0 radical (unpaired) electrons. The second-order valence-corrected chi connectivity index (χ2v) is 2.79. The molecule has 0 amide bonds. The lowest BCUT2D eigenvalue weighted by Gasteiger charge is -2.02. The quantitative estimate of drug-likeness (QED) is 0.651. The molecule has 5 heteroatoms. The van der Waals surface area contributed by atoms with Gasteiger partial charge in [-0.05, 0) is 0 Å². The van der Waals surface area contributed by atoms with Crippen molar-refractivity contribution in [3.8, 4) is 6.07 Å². The zero-order chi connectivity index (χ0) is 8.97. The lowest BCUT2D eigenvalue weighted by molar-refractivity contribution is 0.637. The molecule has 4 nitrogen and oxygen atoms in total. The van der Waals surface area contributed by atoms with Gasteiger partial charge in [0.25, 0.3) is 0 Å². The predicted octanol–water partition coefficient (Wildman–Crippen LogP) is 0.736. The first kappa shape index (κ1) is 9.01. The fourth-order valence-corrected chi connectivity index (χ4v) is 1.04. The van der Waals surface area contributed by atoms with Crippen LogP contribution in [0.25, 0.3) is 0 Å². The topological polar surface area (TPSA) is 54.5 Å². The van der Waals surface area contributed by atoms with Crippen molar-refractivity contribution in [1.29, 1.82) is 5.26 Å². The molecule has 0 saturated carbocycles. The molecule has 0 saturated heterocycles. The van der Waals surface area contributed by atoms with E-state index in [4.69, 9.17) is 16.9 Å². The van der Waals surface area contributed by atoms with Crippen LogP contribution in [0, 0.1) is 17.2 Å². The molecule has 0 aliphatic carbocycles. The number of aromatic nitrogens is 3. The van der Waals surface area contributed by atoms with E-state index in [2.05, 4.69) is 16.2 Å². The highest BCUT2D eigenvalue weighted by Crippen LogP contribution is 2.05. The number of hydrogen-bond donors (Lipinski definition) is 0. The normalized spacial score (nSPS) is 12.4. The summed E-state index contributed by atoms with van der Waals surface area (Å²) < 4.78 is 1.65. The third-order valence-corrected chi connectivity index (χ3v) is 1.98. The third kappa shape index (κ3) is 1.95. The van der Waals surface area contributed by atoms with Crippen molar-refractivity contribution >= 4 is 11.6 Å². The highest BCUT2D eigenvalue weighted by Gasteiger charge is 2.10. The monoisotopic (exact) mass is 184 g/mol. The summed E-state index contributed by atoms with van der Waals surface area (Å²) in [6, 6.07) is 2.10. The second kappa shape index (κ2) is 4.07. The molecule has 1 atom stereocenters. The minimum atomic E-state index is -0.172. The predicted molar refractivity (Wildman–Crippen MR) is 44.5 cm³/mol. The number of rotatable bonds is 3. The van der Waals surface area contributed by atoms with Crippen LogP contribution in [-0.4, -0.2) is 20.6 Å². The van der Waals surface area contributed by atoms with Crippen molar-refractivity contribution in [2.75, 3.05) is 5.88 Å². The van der Waals surface area contributed by atoms with E-state index in [0.717, 1.165) is 5.82 Å². The van der Waals surface area contributed by atoms with Crippen molar-refractivity contribution in [2.24, 2.45) is 13.0 Å². The van der Waals surface area contributed by atoms with Gasteiger partial charge in [-0.25, -0.2) is 4.98 Å².